The van der Waals surface area contributed by atoms with E-state index in [1.807, 2.05) is 42.5 Å². The predicted molar refractivity (Wildman–Crippen MR) is 121 cm³/mol. The molecule has 2 heterocycles. The van der Waals surface area contributed by atoms with Crippen molar-refractivity contribution in [2.24, 2.45) is 5.16 Å². The molecule has 0 unspecified atom stereocenters. The van der Waals surface area contributed by atoms with Crippen LogP contribution in [-0.4, -0.2) is 41.5 Å². The molecule has 0 bridgehead atoms. The van der Waals surface area contributed by atoms with Crippen LogP contribution in [0.4, 0.5) is 5.69 Å². The van der Waals surface area contributed by atoms with Crippen molar-refractivity contribution in [1.82, 2.24) is 9.55 Å². The number of oxime groups is 1. The van der Waals surface area contributed by atoms with E-state index in [4.69, 9.17) is 14.6 Å². The number of methoxy groups -OCH3 is 1. The summed E-state index contributed by atoms with van der Waals surface area (Å²) in [6, 6.07) is 15.7. The summed E-state index contributed by atoms with van der Waals surface area (Å²) in [5.41, 5.74) is 3.87. The van der Waals surface area contributed by atoms with E-state index in [9.17, 15) is 4.79 Å². The van der Waals surface area contributed by atoms with Crippen LogP contribution in [0.25, 0.3) is 11.0 Å². The zero-order valence-corrected chi connectivity index (χ0v) is 17.7. The van der Waals surface area contributed by atoms with Gasteiger partial charge in [0.25, 0.3) is 5.91 Å². The van der Waals surface area contributed by atoms with E-state index in [2.05, 4.69) is 22.4 Å². The van der Waals surface area contributed by atoms with Gasteiger partial charge in [0.15, 0.2) is 5.71 Å². The van der Waals surface area contributed by atoms with Crippen molar-refractivity contribution in [2.75, 3.05) is 25.2 Å². The number of carbonyl (C=O) groups is 1. The van der Waals surface area contributed by atoms with Crippen LogP contribution >= 0.6 is 0 Å². The highest BCUT2D eigenvalue weighted by Gasteiger charge is 2.35. The minimum Gasteiger partial charge on any atom is -0.395 e. The van der Waals surface area contributed by atoms with Gasteiger partial charge in [-0.25, -0.2) is 4.98 Å². The highest BCUT2D eigenvalue weighted by molar-refractivity contribution is 6.54. The fourth-order valence-corrected chi connectivity index (χ4v) is 3.76. The van der Waals surface area contributed by atoms with Crippen LogP contribution in [0.5, 0.6) is 0 Å². The lowest BCUT2D eigenvalue weighted by atomic mass is 10.1. The molecule has 1 aliphatic rings. The number of fused-ring (bicyclic) bond motifs is 2. The summed E-state index contributed by atoms with van der Waals surface area (Å²) < 4.78 is 7.39. The SMILES string of the molecule is C=CCCO/N=C1/C(=O)N(Cc2nc3ccccc3n2CCCOC)c2ccccc21. The number of amides is 1. The first-order chi connectivity index (χ1) is 15.2. The standard InChI is InChI=1S/C24H26N4O3/c1-3-4-16-31-26-23-18-10-5-7-12-20(18)28(24(23)29)17-22-25-19-11-6-8-13-21(19)27(22)14-9-15-30-2/h3,5-8,10-13H,1,4,9,14-17H2,2H3/b26-23+. The number of para-hydroxylation sites is 3. The zero-order chi connectivity index (χ0) is 21.6. The van der Waals surface area contributed by atoms with Gasteiger partial charge in [0.05, 0.1) is 23.3 Å². The molecule has 0 fully saturated rings. The van der Waals surface area contributed by atoms with Gasteiger partial charge >= 0.3 is 0 Å². The monoisotopic (exact) mass is 418 g/mol. The minimum absolute atomic E-state index is 0.185. The fourth-order valence-electron chi connectivity index (χ4n) is 3.76. The summed E-state index contributed by atoms with van der Waals surface area (Å²) in [6.45, 7) is 5.83. The van der Waals surface area contributed by atoms with E-state index in [0.717, 1.165) is 41.1 Å². The number of ether oxygens (including phenoxy) is 1. The molecule has 1 amide bonds. The summed E-state index contributed by atoms with van der Waals surface area (Å²) in [7, 11) is 1.70. The van der Waals surface area contributed by atoms with Gasteiger partial charge < -0.3 is 14.1 Å². The minimum atomic E-state index is -0.185. The third-order valence-electron chi connectivity index (χ3n) is 5.23. The first-order valence-corrected chi connectivity index (χ1v) is 10.4. The molecule has 0 atom stereocenters. The number of carbonyl (C=O) groups excluding carboxylic acids is 1. The maximum Gasteiger partial charge on any atom is 0.281 e. The Morgan fingerprint density at radius 2 is 1.94 bits per heavy atom. The zero-order valence-electron chi connectivity index (χ0n) is 17.7. The van der Waals surface area contributed by atoms with Gasteiger partial charge in [-0.3, -0.25) is 9.69 Å². The molecule has 0 aliphatic carbocycles. The molecule has 0 radical (unpaired) electrons. The van der Waals surface area contributed by atoms with Gasteiger partial charge in [-0.05, 0) is 24.6 Å². The quantitative estimate of drug-likeness (QED) is 0.284. The molecule has 4 rings (SSSR count). The Balaban J connectivity index is 1.66. The number of imidazole rings is 1. The topological polar surface area (TPSA) is 69.0 Å². The molecule has 0 spiro atoms. The highest BCUT2D eigenvalue weighted by atomic mass is 16.6. The van der Waals surface area contributed by atoms with Gasteiger partial charge in [-0.15, -0.1) is 6.58 Å². The Labute approximate surface area is 181 Å². The largest absolute Gasteiger partial charge is 0.395 e. The molecule has 0 saturated carbocycles. The molecule has 7 heteroatoms. The molecule has 160 valence electrons. The van der Waals surface area contributed by atoms with Crippen LogP contribution in [0.3, 0.4) is 0 Å². The molecule has 1 aliphatic heterocycles. The lowest BCUT2D eigenvalue weighted by Gasteiger charge is -2.17. The van der Waals surface area contributed by atoms with E-state index in [1.165, 1.54) is 0 Å². The summed E-state index contributed by atoms with van der Waals surface area (Å²) in [5, 5.41) is 4.13. The van der Waals surface area contributed by atoms with Crippen molar-refractivity contribution in [3.05, 3.63) is 72.6 Å². The Morgan fingerprint density at radius 3 is 2.77 bits per heavy atom. The van der Waals surface area contributed by atoms with Crippen LogP contribution in [0, 0.1) is 0 Å². The molecule has 1 aromatic heterocycles. The molecule has 31 heavy (non-hydrogen) atoms. The third kappa shape index (κ3) is 4.22. The van der Waals surface area contributed by atoms with Gasteiger partial charge in [0.1, 0.15) is 12.4 Å². The van der Waals surface area contributed by atoms with Crippen molar-refractivity contribution in [1.29, 1.82) is 0 Å². The molecular weight excluding hydrogens is 392 g/mol. The number of nitrogens with zero attached hydrogens (tertiary/aromatic N) is 4. The summed E-state index contributed by atoms with van der Waals surface area (Å²) in [5.74, 6) is 0.643. The number of aryl methyl sites for hydroxylation is 1. The average molecular weight is 418 g/mol. The summed E-state index contributed by atoms with van der Waals surface area (Å²) in [6.07, 6.45) is 3.28. The Bertz CT molecular complexity index is 1120. The van der Waals surface area contributed by atoms with Crippen molar-refractivity contribution >= 4 is 28.3 Å². The van der Waals surface area contributed by atoms with E-state index >= 15 is 0 Å². The smallest absolute Gasteiger partial charge is 0.281 e. The molecule has 7 nitrogen and oxygen atoms in total. The van der Waals surface area contributed by atoms with Gasteiger partial charge in [0, 0.05) is 32.2 Å². The normalized spacial score (nSPS) is 14.4. The van der Waals surface area contributed by atoms with Crippen LogP contribution < -0.4 is 4.90 Å². The van der Waals surface area contributed by atoms with Crippen molar-refractivity contribution in [3.8, 4) is 0 Å². The third-order valence-corrected chi connectivity index (χ3v) is 5.23. The second kappa shape index (κ2) is 9.57. The van der Waals surface area contributed by atoms with E-state index in [1.54, 1.807) is 18.1 Å². The first-order valence-electron chi connectivity index (χ1n) is 10.4. The second-order valence-corrected chi connectivity index (χ2v) is 7.27. The fraction of sp³-hybridized carbons (Fsp3) is 0.292. The molecule has 3 aromatic rings. The number of aromatic nitrogens is 2. The van der Waals surface area contributed by atoms with Crippen LogP contribution in [-0.2, 0) is 27.5 Å². The molecule has 2 aromatic carbocycles. The Morgan fingerprint density at radius 1 is 1.13 bits per heavy atom. The maximum absolute atomic E-state index is 13.3. The van der Waals surface area contributed by atoms with Gasteiger partial charge in [0.2, 0.25) is 0 Å². The maximum atomic E-state index is 13.3. The van der Waals surface area contributed by atoms with E-state index < -0.39 is 0 Å². The number of anilines is 1. The Hall–Kier alpha value is -3.45. The summed E-state index contributed by atoms with van der Waals surface area (Å²) in [4.78, 5) is 25.2. The van der Waals surface area contributed by atoms with Crippen LogP contribution in [0.2, 0.25) is 0 Å². The lowest BCUT2D eigenvalue weighted by Crippen LogP contribution is -2.31. The number of hydrogen-bond acceptors (Lipinski definition) is 5. The van der Waals surface area contributed by atoms with Crippen molar-refractivity contribution in [2.45, 2.75) is 25.9 Å². The predicted octanol–water partition coefficient (Wildman–Crippen LogP) is 3.92. The number of hydrogen-bond donors (Lipinski definition) is 0. The van der Waals surface area contributed by atoms with Crippen LogP contribution in [0.15, 0.2) is 66.3 Å². The first kappa shape index (κ1) is 20.8. The number of rotatable bonds is 10. The van der Waals surface area contributed by atoms with Crippen molar-refractivity contribution in [3.63, 3.8) is 0 Å². The van der Waals surface area contributed by atoms with E-state index in [-0.39, 0.29) is 5.91 Å². The molecule has 0 N–H and O–H groups in total. The van der Waals surface area contributed by atoms with Crippen LogP contribution in [0.1, 0.15) is 24.2 Å². The highest BCUT2D eigenvalue weighted by Crippen LogP contribution is 2.31. The van der Waals surface area contributed by atoms with Gasteiger partial charge in [-0.2, -0.15) is 0 Å². The Kier molecular flexibility index (Phi) is 6.43. The second-order valence-electron chi connectivity index (χ2n) is 7.27. The summed E-state index contributed by atoms with van der Waals surface area (Å²) >= 11 is 0. The molecule has 0 saturated heterocycles. The van der Waals surface area contributed by atoms with Crippen molar-refractivity contribution < 1.29 is 14.4 Å². The molecular formula is C24H26N4O3. The average Bonchev–Trinajstić information content (AvgIpc) is 3.27. The lowest BCUT2D eigenvalue weighted by molar-refractivity contribution is -0.112. The van der Waals surface area contributed by atoms with E-state index in [0.29, 0.717) is 31.9 Å². The van der Waals surface area contributed by atoms with Gasteiger partial charge in [-0.1, -0.05) is 41.6 Å². The number of benzene rings is 2.